The summed E-state index contributed by atoms with van der Waals surface area (Å²) in [5, 5.41) is 0.954. The molecule has 0 amide bonds. The number of ether oxygens (including phenoxy) is 1. The molecular weight excluding hydrogens is 288 g/mol. The van der Waals surface area contributed by atoms with Crippen molar-refractivity contribution in [1.29, 1.82) is 0 Å². The molecule has 1 aliphatic rings. The van der Waals surface area contributed by atoms with Crippen LogP contribution in [0, 0.1) is 6.92 Å². The maximum absolute atomic E-state index is 12.6. The highest BCUT2D eigenvalue weighted by Gasteiger charge is 2.24. The number of hydrogen-bond acceptors (Lipinski definition) is 3. The second-order valence-corrected chi connectivity index (χ2v) is 6.47. The Balaban J connectivity index is 1.62. The van der Waals surface area contributed by atoms with Crippen LogP contribution in [0.5, 0.6) is 0 Å². The number of hydrogen-bond donors (Lipinski definition) is 1. The number of H-pyrrole nitrogens is 1. The highest BCUT2D eigenvalue weighted by Crippen LogP contribution is 2.24. The van der Waals surface area contributed by atoms with Gasteiger partial charge in [-0.25, -0.2) is 4.79 Å². The maximum Gasteiger partial charge on any atom is 0.340 e. The number of benzene rings is 1. The zero-order chi connectivity index (χ0) is 16.2. The normalized spacial score (nSPS) is 16.8. The molecule has 3 rings (SSSR count). The SMILES string of the molecule is CCCCN1CCC(OC(=O)c2c(C)[nH]c3ccccc23)CC1. The van der Waals surface area contributed by atoms with Gasteiger partial charge in [0.25, 0.3) is 0 Å². The van der Waals surface area contributed by atoms with E-state index >= 15 is 0 Å². The molecule has 4 nitrogen and oxygen atoms in total. The smallest absolute Gasteiger partial charge is 0.340 e. The van der Waals surface area contributed by atoms with E-state index in [-0.39, 0.29) is 12.1 Å². The Bertz CT molecular complexity index is 669. The van der Waals surface area contributed by atoms with Crippen LogP contribution in [-0.4, -0.2) is 41.6 Å². The molecule has 0 aliphatic carbocycles. The minimum atomic E-state index is -0.188. The zero-order valence-corrected chi connectivity index (χ0v) is 14.1. The molecule has 1 aromatic carbocycles. The van der Waals surface area contributed by atoms with Crippen molar-refractivity contribution in [2.24, 2.45) is 0 Å². The van der Waals surface area contributed by atoms with Gasteiger partial charge in [0.15, 0.2) is 0 Å². The average Bonchev–Trinajstić information content (AvgIpc) is 2.90. The predicted molar refractivity (Wildman–Crippen MR) is 92.8 cm³/mol. The van der Waals surface area contributed by atoms with Gasteiger partial charge in [-0.2, -0.15) is 0 Å². The second-order valence-electron chi connectivity index (χ2n) is 6.47. The molecule has 4 heteroatoms. The van der Waals surface area contributed by atoms with E-state index in [9.17, 15) is 4.79 Å². The molecule has 1 aliphatic heterocycles. The van der Waals surface area contributed by atoms with Gasteiger partial charge >= 0.3 is 5.97 Å². The number of nitrogens with zero attached hydrogens (tertiary/aromatic N) is 1. The van der Waals surface area contributed by atoms with Crippen molar-refractivity contribution in [3.8, 4) is 0 Å². The fourth-order valence-electron chi connectivity index (χ4n) is 3.38. The number of piperidine rings is 1. The molecule has 2 heterocycles. The van der Waals surface area contributed by atoms with Crippen LogP contribution in [0.15, 0.2) is 24.3 Å². The van der Waals surface area contributed by atoms with Crippen molar-refractivity contribution in [1.82, 2.24) is 9.88 Å². The van der Waals surface area contributed by atoms with Crippen molar-refractivity contribution >= 4 is 16.9 Å². The number of esters is 1. The van der Waals surface area contributed by atoms with Gasteiger partial charge in [0.05, 0.1) is 5.56 Å². The fraction of sp³-hybridized carbons (Fsp3) is 0.526. The molecule has 0 unspecified atom stereocenters. The first-order valence-electron chi connectivity index (χ1n) is 8.69. The predicted octanol–water partition coefficient (Wildman–Crippen LogP) is 3.90. The van der Waals surface area contributed by atoms with Crippen LogP contribution < -0.4 is 0 Å². The van der Waals surface area contributed by atoms with E-state index in [0.717, 1.165) is 42.5 Å². The molecule has 1 N–H and O–H groups in total. The number of aromatic amines is 1. The highest BCUT2D eigenvalue weighted by molar-refractivity contribution is 6.05. The summed E-state index contributed by atoms with van der Waals surface area (Å²) in [5.74, 6) is -0.188. The number of para-hydroxylation sites is 1. The lowest BCUT2D eigenvalue weighted by Gasteiger charge is -2.31. The Labute approximate surface area is 137 Å². The lowest BCUT2D eigenvalue weighted by Crippen LogP contribution is -2.38. The maximum atomic E-state index is 12.6. The summed E-state index contributed by atoms with van der Waals surface area (Å²) in [7, 11) is 0. The molecule has 0 saturated carbocycles. The van der Waals surface area contributed by atoms with Crippen molar-refractivity contribution in [2.75, 3.05) is 19.6 Å². The monoisotopic (exact) mass is 314 g/mol. The quantitative estimate of drug-likeness (QED) is 0.851. The van der Waals surface area contributed by atoms with Gasteiger partial charge in [-0.15, -0.1) is 0 Å². The van der Waals surface area contributed by atoms with Crippen molar-refractivity contribution < 1.29 is 9.53 Å². The Kier molecular flexibility index (Phi) is 5.01. The number of aryl methyl sites for hydroxylation is 1. The first-order chi connectivity index (χ1) is 11.2. The Morgan fingerprint density at radius 1 is 1.30 bits per heavy atom. The van der Waals surface area contributed by atoms with Gasteiger partial charge in [0, 0.05) is 29.7 Å². The van der Waals surface area contributed by atoms with E-state index < -0.39 is 0 Å². The minimum absolute atomic E-state index is 0.0495. The zero-order valence-electron chi connectivity index (χ0n) is 14.1. The molecule has 1 saturated heterocycles. The molecule has 0 radical (unpaired) electrons. The van der Waals surface area contributed by atoms with Crippen LogP contribution in [-0.2, 0) is 4.74 Å². The van der Waals surface area contributed by atoms with Crippen LogP contribution in [0.2, 0.25) is 0 Å². The number of carbonyl (C=O) groups excluding carboxylic acids is 1. The molecule has 124 valence electrons. The van der Waals surface area contributed by atoms with E-state index in [1.54, 1.807) is 0 Å². The van der Waals surface area contributed by atoms with Crippen molar-refractivity contribution in [3.63, 3.8) is 0 Å². The van der Waals surface area contributed by atoms with E-state index in [1.807, 2.05) is 31.2 Å². The molecule has 1 aromatic heterocycles. The van der Waals surface area contributed by atoms with Crippen LogP contribution in [0.4, 0.5) is 0 Å². The summed E-state index contributed by atoms with van der Waals surface area (Å²) < 4.78 is 5.79. The first kappa shape index (κ1) is 16.1. The van der Waals surface area contributed by atoms with Gasteiger partial charge in [-0.05, 0) is 38.8 Å². The lowest BCUT2D eigenvalue weighted by atomic mass is 10.1. The van der Waals surface area contributed by atoms with Crippen molar-refractivity contribution in [3.05, 3.63) is 35.5 Å². The van der Waals surface area contributed by atoms with Gasteiger partial charge in [-0.1, -0.05) is 31.5 Å². The number of unbranched alkanes of at least 4 members (excludes halogenated alkanes) is 1. The van der Waals surface area contributed by atoms with E-state index in [0.29, 0.717) is 5.56 Å². The molecular formula is C19H26N2O2. The van der Waals surface area contributed by atoms with Crippen LogP contribution in [0.1, 0.15) is 48.7 Å². The lowest BCUT2D eigenvalue weighted by molar-refractivity contribution is 0.0114. The number of rotatable bonds is 5. The van der Waals surface area contributed by atoms with Crippen LogP contribution >= 0.6 is 0 Å². The molecule has 0 bridgehead atoms. The number of fused-ring (bicyclic) bond motifs is 1. The van der Waals surface area contributed by atoms with E-state index in [2.05, 4.69) is 16.8 Å². The van der Waals surface area contributed by atoms with Crippen LogP contribution in [0.3, 0.4) is 0 Å². The summed E-state index contributed by atoms with van der Waals surface area (Å²) in [6, 6.07) is 7.89. The topological polar surface area (TPSA) is 45.3 Å². The van der Waals surface area contributed by atoms with Crippen LogP contribution in [0.25, 0.3) is 10.9 Å². The molecule has 23 heavy (non-hydrogen) atoms. The van der Waals surface area contributed by atoms with Gasteiger partial charge in [-0.3, -0.25) is 0 Å². The third kappa shape index (κ3) is 3.58. The minimum Gasteiger partial charge on any atom is -0.459 e. The number of likely N-dealkylation sites (tertiary alicyclic amines) is 1. The molecule has 2 aromatic rings. The third-order valence-corrected chi connectivity index (χ3v) is 4.73. The second kappa shape index (κ2) is 7.18. The Morgan fingerprint density at radius 2 is 2.04 bits per heavy atom. The van der Waals surface area contributed by atoms with Crippen molar-refractivity contribution in [2.45, 2.75) is 45.6 Å². The third-order valence-electron chi connectivity index (χ3n) is 4.73. The average molecular weight is 314 g/mol. The largest absolute Gasteiger partial charge is 0.459 e. The van der Waals surface area contributed by atoms with E-state index in [1.165, 1.54) is 19.4 Å². The Hall–Kier alpha value is -1.81. The summed E-state index contributed by atoms with van der Waals surface area (Å²) in [4.78, 5) is 18.3. The summed E-state index contributed by atoms with van der Waals surface area (Å²) in [6.45, 7) is 7.39. The summed E-state index contributed by atoms with van der Waals surface area (Å²) in [6.07, 6.45) is 4.41. The fourth-order valence-corrected chi connectivity index (χ4v) is 3.38. The molecule has 0 atom stereocenters. The number of aromatic nitrogens is 1. The molecule has 1 fully saturated rings. The first-order valence-corrected chi connectivity index (χ1v) is 8.69. The highest BCUT2D eigenvalue weighted by atomic mass is 16.5. The Morgan fingerprint density at radius 3 is 2.78 bits per heavy atom. The standard InChI is InChI=1S/C19H26N2O2/c1-3-4-11-21-12-9-15(10-13-21)23-19(22)18-14(2)20-17-8-6-5-7-16(17)18/h5-8,15,20H,3-4,9-13H2,1-2H3. The summed E-state index contributed by atoms with van der Waals surface area (Å²) in [5.41, 5.74) is 2.57. The summed E-state index contributed by atoms with van der Waals surface area (Å²) >= 11 is 0. The number of carbonyl (C=O) groups is 1. The van der Waals surface area contributed by atoms with E-state index in [4.69, 9.17) is 4.74 Å². The van der Waals surface area contributed by atoms with Gasteiger partial charge < -0.3 is 14.6 Å². The molecule has 0 spiro atoms. The number of nitrogens with one attached hydrogen (secondary N) is 1. The van der Waals surface area contributed by atoms with Gasteiger partial charge in [0.2, 0.25) is 0 Å². The van der Waals surface area contributed by atoms with Gasteiger partial charge in [0.1, 0.15) is 6.10 Å².